The van der Waals surface area contributed by atoms with Gasteiger partial charge >= 0.3 is 5.97 Å². The Morgan fingerprint density at radius 1 is 2.00 bits per heavy atom. The summed E-state index contributed by atoms with van der Waals surface area (Å²) in [6, 6.07) is 0. The third-order valence-electron chi connectivity index (χ3n) is 0.620. The third-order valence-corrected chi connectivity index (χ3v) is 0.620. The summed E-state index contributed by atoms with van der Waals surface area (Å²) in [7, 11) is 0. The average Bonchev–Trinajstić information content (AvgIpc) is 2.12. The number of carbonyl (C=O) groups is 1. The molecule has 1 rings (SSSR count). The molecule has 1 N–H and O–H groups in total. The molecular formula is C4H2NO3. The number of nitrogens with zero attached hydrogens (tertiary/aromatic N) is 1. The fourth-order valence-electron chi connectivity index (χ4n) is 0.279. The monoisotopic (exact) mass is 112 g/mol. The van der Waals surface area contributed by atoms with Crippen molar-refractivity contribution in [1.29, 1.82) is 0 Å². The summed E-state index contributed by atoms with van der Waals surface area (Å²) in [5, 5.41) is 11.2. The van der Waals surface area contributed by atoms with E-state index < -0.39 is 5.97 Å². The van der Waals surface area contributed by atoms with Crippen LogP contribution in [0.5, 0.6) is 0 Å². The molecule has 0 aliphatic carbocycles. The lowest BCUT2D eigenvalue weighted by molar-refractivity contribution is 0.0696. The maximum Gasteiger partial charge on any atom is 0.341 e. The minimum atomic E-state index is -1.08. The summed E-state index contributed by atoms with van der Waals surface area (Å²) in [6.07, 6.45) is 3.14. The van der Waals surface area contributed by atoms with E-state index in [-0.39, 0.29) is 5.56 Å². The van der Waals surface area contributed by atoms with Gasteiger partial charge < -0.3 is 9.63 Å². The first-order valence-electron chi connectivity index (χ1n) is 1.86. The summed E-state index contributed by atoms with van der Waals surface area (Å²) in [5.74, 6) is -1.08. The van der Waals surface area contributed by atoms with Gasteiger partial charge in [0.1, 0.15) is 11.8 Å². The van der Waals surface area contributed by atoms with E-state index in [4.69, 9.17) is 5.11 Å². The summed E-state index contributed by atoms with van der Waals surface area (Å²) < 4.78 is 4.19. The molecule has 41 valence electrons. The van der Waals surface area contributed by atoms with Crippen molar-refractivity contribution in [2.45, 2.75) is 0 Å². The zero-order valence-electron chi connectivity index (χ0n) is 3.79. The molecule has 4 heteroatoms. The molecule has 0 fully saturated rings. The quantitative estimate of drug-likeness (QED) is 0.562. The number of hydrogen-bond donors (Lipinski definition) is 1. The van der Waals surface area contributed by atoms with Crippen molar-refractivity contribution in [1.82, 2.24) is 5.16 Å². The first kappa shape index (κ1) is 4.83. The van der Waals surface area contributed by atoms with Gasteiger partial charge in [0.05, 0.1) is 0 Å². The minimum absolute atomic E-state index is 0.0509. The van der Waals surface area contributed by atoms with Gasteiger partial charge in [0, 0.05) is 0 Å². The summed E-state index contributed by atoms with van der Waals surface area (Å²) in [5.41, 5.74) is -0.0509. The molecule has 0 saturated heterocycles. The van der Waals surface area contributed by atoms with Gasteiger partial charge in [-0.05, 0) is 0 Å². The number of aromatic nitrogens is 1. The van der Waals surface area contributed by atoms with Crippen LogP contribution in [-0.2, 0) is 0 Å². The number of rotatable bonds is 1. The average molecular weight is 112 g/mol. The Morgan fingerprint density at radius 2 is 2.75 bits per heavy atom. The first-order valence-corrected chi connectivity index (χ1v) is 1.86. The second-order valence-electron chi connectivity index (χ2n) is 1.15. The fourth-order valence-corrected chi connectivity index (χ4v) is 0.279. The highest BCUT2D eigenvalue weighted by Crippen LogP contribution is 1.92. The Bertz CT molecular complexity index is 179. The minimum Gasteiger partial charge on any atom is -0.477 e. The van der Waals surface area contributed by atoms with Crippen LogP contribution in [0.2, 0.25) is 0 Å². The van der Waals surface area contributed by atoms with E-state index in [0.717, 1.165) is 6.26 Å². The topological polar surface area (TPSA) is 63.3 Å². The van der Waals surface area contributed by atoms with E-state index in [1.165, 1.54) is 0 Å². The van der Waals surface area contributed by atoms with Gasteiger partial charge in [-0.1, -0.05) is 5.16 Å². The maximum absolute atomic E-state index is 9.93. The van der Waals surface area contributed by atoms with E-state index in [1.807, 2.05) is 0 Å². The fraction of sp³-hybridized carbons (Fsp3) is 0. The van der Waals surface area contributed by atoms with Gasteiger partial charge in [0.15, 0.2) is 6.20 Å². The van der Waals surface area contributed by atoms with Gasteiger partial charge in [-0.3, -0.25) is 0 Å². The smallest absolute Gasteiger partial charge is 0.341 e. The Hall–Kier alpha value is -1.32. The lowest BCUT2D eigenvalue weighted by atomic mass is 10.4. The Morgan fingerprint density at radius 3 is 3.00 bits per heavy atom. The van der Waals surface area contributed by atoms with Gasteiger partial charge in [-0.15, -0.1) is 0 Å². The lowest BCUT2D eigenvalue weighted by Gasteiger charge is -1.74. The predicted octanol–water partition coefficient (Wildman–Crippen LogP) is 0.173. The van der Waals surface area contributed by atoms with Crippen LogP contribution in [0.1, 0.15) is 10.4 Å². The van der Waals surface area contributed by atoms with Crippen molar-refractivity contribution < 1.29 is 14.4 Å². The van der Waals surface area contributed by atoms with Crippen molar-refractivity contribution in [3.8, 4) is 0 Å². The highest BCUT2D eigenvalue weighted by molar-refractivity contribution is 5.86. The lowest BCUT2D eigenvalue weighted by Crippen LogP contribution is -1.91. The van der Waals surface area contributed by atoms with Crippen molar-refractivity contribution in [3.63, 3.8) is 0 Å². The number of hydrogen-bond acceptors (Lipinski definition) is 3. The molecule has 1 aromatic heterocycles. The van der Waals surface area contributed by atoms with Crippen LogP contribution < -0.4 is 0 Å². The van der Waals surface area contributed by atoms with Crippen LogP contribution in [0.15, 0.2) is 10.8 Å². The zero-order chi connectivity index (χ0) is 5.98. The van der Waals surface area contributed by atoms with E-state index in [1.54, 1.807) is 0 Å². The maximum atomic E-state index is 9.93. The normalized spacial score (nSPS) is 9.00. The van der Waals surface area contributed by atoms with Crippen molar-refractivity contribution in [2.24, 2.45) is 0 Å². The highest BCUT2D eigenvalue weighted by Gasteiger charge is 2.02. The zero-order valence-corrected chi connectivity index (χ0v) is 3.79. The van der Waals surface area contributed by atoms with E-state index >= 15 is 0 Å². The van der Waals surface area contributed by atoms with Gasteiger partial charge in [-0.2, -0.15) is 0 Å². The Kier molecular flexibility index (Phi) is 0.997. The van der Waals surface area contributed by atoms with E-state index in [2.05, 4.69) is 15.9 Å². The summed E-state index contributed by atoms with van der Waals surface area (Å²) in [6.45, 7) is 0. The van der Waals surface area contributed by atoms with E-state index in [0.29, 0.717) is 0 Å². The molecular weight excluding hydrogens is 110 g/mol. The van der Waals surface area contributed by atoms with Crippen molar-refractivity contribution >= 4 is 5.97 Å². The van der Waals surface area contributed by atoms with Crippen LogP contribution in [0.4, 0.5) is 0 Å². The molecule has 0 aliphatic heterocycles. The Labute approximate surface area is 44.7 Å². The molecule has 1 radical (unpaired) electrons. The van der Waals surface area contributed by atoms with E-state index in [9.17, 15) is 4.79 Å². The largest absolute Gasteiger partial charge is 0.477 e. The molecule has 0 aromatic carbocycles. The molecule has 0 aliphatic rings. The van der Waals surface area contributed by atoms with Crippen LogP contribution in [0, 0.1) is 6.20 Å². The van der Waals surface area contributed by atoms with Crippen molar-refractivity contribution in [3.05, 3.63) is 18.0 Å². The number of aromatic carboxylic acids is 1. The standard InChI is InChI=1S/C4H2NO3/c6-4(7)3-1-5-8-2-3/h2H,(H,6,7). The summed E-state index contributed by atoms with van der Waals surface area (Å²) >= 11 is 0. The van der Waals surface area contributed by atoms with Gasteiger partial charge in [0.25, 0.3) is 0 Å². The van der Waals surface area contributed by atoms with Crippen LogP contribution in [-0.4, -0.2) is 16.2 Å². The second kappa shape index (κ2) is 1.65. The molecule has 4 nitrogen and oxygen atoms in total. The van der Waals surface area contributed by atoms with Crippen LogP contribution >= 0.6 is 0 Å². The SMILES string of the molecule is O=C(O)c1[c]noc1. The number of carboxylic acids is 1. The molecule has 1 heterocycles. The molecule has 8 heavy (non-hydrogen) atoms. The third kappa shape index (κ3) is 0.676. The predicted molar refractivity (Wildman–Crippen MR) is 22.3 cm³/mol. The van der Waals surface area contributed by atoms with Crippen molar-refractivity contribution in [2.75, 3.05) is 0 Å². The molecule has 0 spiro atoms. The van der Waals surface area contributed by atoms with Gasteiger partial charge in [0.2, 0.25) is 0 Å². The van der Waals surface area contributed by atoms with Crippen LogP contribution in [0.25, 0.3) is 0 Å². The molecule has 0 amide bonds. The van der Waals surface area contributed by atoms with Gasteiger partial charge in [-0.25, -0.2) is 4.79 Å². The highest BCUT2D eigenvalue weighted by atomic mass is 16.5. The number of carboxylic acid groups (broad SMARTS) is 1. The summed E-state index contributed by atoms with van der Waals surface area (Å²) in [4.78, 5) is 9.93. The first-order chi connectivity index (χ1) is 3.80. The molecule has 0 bridgehead atoms. The molecule has 0 atom stereocenters. The Balaban J connectivity index is 2.93. The molecule has 0 unspecified atom stereocenters. The van der Waals surface area contributed by atoms with Crippen LogP contribution in [0.3, 0.4) is 0 Å². The molecule has 0 saturated carbocycles. The second-order valence-corrected chi connectivity index (χ2v) is 1.15. The molecule has 1 aromatic rings.